The van der Waals surface area contributed by atoms with Crippen molar-refractivity contribution < 1.29 is 22.5 Å². The van der Waals surface area contributed by atoms with Gasteiger partial charge in [0.25, 0.3) is 11.6 Å². The molecule has 11 heteroatoms. The van der Waals surface area contributed by atoms with Gasteiger partial charge >= 0.3 is 0 Å². The summed E-state index contributed by atoms with van der Waals surface area (Å²) < 4.78 is 39.7. The van der Waals surface area contributed by atoms with Crippen LogP contribution in [0.25, 0.3) is 0 Å². The minimum absolute atomic E-state index is 0.0757. The van der Waals surface area contributed by atoms with Gasteiger partial charge in [0.1, 0.15) is 17.5 Å². The van der Waals surface area contributed by atoms with E-state index in [4.69, 9.17) is 0 Å². The summed E-state index contributed by atoms with van der Waals surface area (Å²) in [4.78, 5) is 22.8. The second kappa shape index (κ2) is 7.90. The van der Waals surface area contributed by atoms with Crippen molar-refractivity contribution in [3.63, 3.8) is 0 Å². The number of nitrogens with one attached hydrogen (secondary N) is 2. The number of anilines is 1. The molecule has 0 aromatic heterocycles. The molecular formula is C17H17FN4O5S. The number of amides is 1. The van der Waals surface area contributed by atoms with E-state index in [0.29, 0.717) is 12.8 Å². The Kier molecular flexibility index (Phi) is 5.56. The Morgan fingerprint density at radius 1 is 1.18 bits per heavy atom. The highest BCUT2D eigenvalue weighted by atomic mass is 32.2. The fourth-order valence-corrected chi connectivity index (χ4v) is 4.64. The highest BCUT2D eigenvalue weighted by Crippen LogP contribution is 2.27. The van der Waals surface area contributed by atoms with E-state index in [1.54, 1.807) is 6.07 Å². The van der Waals surface area contributed by atoms with Crippen molar-refractivity contribution in [2.75, 3.05) is 12.0 Å². The predicted molar refractivity (Wildman–Crippen MR) is 98.2 cm³/mol. The van der Waals surface area contributed by atoms with E-state index in [2.05, 4.69) is 10.9 Å². The summed E-state index contributed by atoms with van der Waals surface area (Å²) in [6.07, 6.45) is 0.773. The Labute approximate surface area is 160 Å². The van der Waals surface area contributed by atoms with Crippen molar-refractivity contribution in [3.05, 3.63) is 64.5 Å². The number of rotatable bonds is 6. The molecule has 28 heavy (non-hydrogen) atoms. The lowest BCUT2D eigenvalue weighted by atomic mass is 10.2. The lowest BCUT2D eigenvalue weighted by molar-refractivity contribution is -0.384. The Bertz CT molecular complexity index is 997. The third kappa shape index (κ3) is 3.94. The zero-order valence-corrected chi connectivity index (χ0v) is 15.4. The maximum Gasteiger partial charge on any atom is 0.294 e. The largest absolute Gasteiger partial charge is 0.294 e. The van der Waals surface area contributed by atoms with Crippen LogP contribution in [0.15, 0.2) is 53.4 Å². The molecule has 1 unspecified atom stereocenters. The molecule has 1 atom stereocenters. The summed E-state index contributed by atoms with van der Waals surface area (Å²) >= 11 is 0. The molecule has 1 amide bonds. The third-order valence-corrected chi connectivity index (χ3v) is 6.27. The van der Waals surface area contributed by atoms with E-state index in [-0.39, 0.29) is 22.8 Å². The molecule has 2 aromatic rings. The standard InChI is InChI=1S/C17H17FN4O5S/c18-12-7-9-13(10-8-12)28(26,27)21-11-3-6-16(21)17(23)20-19-14-4-1-2-5-15(14)22(24)25/h1-2,4-5,7-10,16,19H,3,6,11H2,(H,20,23). The van der Waals surface area contributed by atoms with Gasteiger partial charge in [0.15, 0.2) is 0 Å². The first-order valence-corrected chi connectivity index (χ1v) is 9.81. The van der Waals surface area contributed by atoms with E-state index >= 15 is 0 Å². The minimum atomic E-state index is -3.98. The van der Waals surface area contributed by atoms with E-state index < -0.39 is 32.7 Å². The van der Waals surface area contributed by atoms with Gasteiger partial charge in [-0.1, -0.05) is 12.1 Å². The topological polar surface area (TPSA) is 122 Å². The molecule has 1 aliphatic rings. The molecule has 3 rings (SSSR count). The fraction of sp³-hybridized carbons (Fsp3) is 0.235. The number of sulfonamides is 1. The van der Waals surface area contributed by atoms with Crippen molar-refractivity contribution in [2.24, 2.45) is 0 Å². The summed E-state index contributed by atoms with van der Waals surface area (Å²) in [5.74, 6) is -1.20. The lowest BCUT2D eigenvalue weighted by Crippen LogP contribution is -2.47. The Balaban J connectivity index is 1.75. The van der Waals surface area contributed by atoms with Crippen LogP contribution in [0, 0.1) is 15.9 Å². The minimum Gasteiger partial charge on any atom is -0.292 e. The number of carbonyl (C=O) groups excluding carboxylic acids is 1. The van der Waals surface area contributed by atoms with Gasteiger partial charge in [0.05, 0.1) is 9.82 Å². The van der Waals surface area contributed by atoms with Gasteiger partial charge in [-0.05, 0) is 43.2 Å². The average molecular weight is 408 g/mol. The normalized spacial score (nSPS) is 17.2. The van der Waals surface area contributed by atoms with E-state index in [0.717, 1.165) is 28.6 Å². The first kappa shape index (κ1) is 19.7. The van der Waals surface area contributed by atoms with Crippen LogP contribution >= 0.6 is 0 Å². The molecule has 2 N–H and O–H groups in total. The Hall–Kier alpha value is -3.05. The van der Waals surface area contributed by atoms with E-state index in [9.17, 15) is 27.7 Å². The average Bonchev–Trinajstić information content (AvgIpc) is 3.17. The van der Waals surface area contributed by atoms with Gasteiger partial charge in [-0.2, -0.15) is 4.31 Å². The van der Waals surface area contributed by atoms with Gasteiger partial charge in [-0.15, -0.1) is 0 Å². The Morgan fingerprint density at radius 2 is 1.86 bits per heavy atom. The molecule has 0 saturated carbocycles. The van der Waals surface area contributed by atoms with Crippen LogP contribution in [0.3, 0.4) is 0 Å². The summed E-state index contributed by atoms with van der Waals surface area (Å²) in [5, 5.41) is 11.0. The molecule has 2 aromatic carbocycles. The molecule has 0 bridgehead atoms. The van der Waals surface area contributed by atoms with Gasteiger partial charge in [0, 0.05) is 12.6 Å². The maximum absolute atomic E-state index is 13.1. The van der Waals surface area contributed by atoms with Gasteiger partial charge < -0.3 is 0 Å². The number of hydrazine groups is 1. The van der Waals surface area contributed by atoms with Crippen LogP contribution in [0.4, 0.5) is 15.8 Å². The summed E-state index contributed by atoms with van der Waals surface area (Å²) in [6.45, 7) is 0.142. The molecule has 9 nitrogen and oxygen atoms in total. The van der Waals surface area contributed by atoms with Crippen LogP contribution in [0.5, 0.6) is 0 Å². The molecule has 0 radical (unpaired) electrons. The summed E-state index contributed by atoms with van der Waals surface area (Å²) in [6, 6.07) is 9.11. The number of carbonyl (C=O) groups is 1. The molecule has 148 valence electrons. The number of nitro benzene ring substituents is 1. The predicted octanol–water partition coefficient (Wildman–Crippen LogP) is 2.03. The van der Waals surface area contributed by atoms with Crippen molar-refractivity contribution in [1.82, 2.24) is 9.73 Å². The van der Waals surface area contributed by atoms with Crippen LogP contribution in [-0.2, 0) is 14.8 Å². The number of nitrogens with zero attached hydrogens (tertiary/aromatic N) is 2. The van der Waals surface area contributed by atoms with Crippen LogP contribution in [-0.4, -0.2) is 36.1 Å². The molecule has 1 saturated heterocycles. The van der Waals surface area contributed by atoms with Crippen molar-refractivity contribution in [1.29, 1.82) is 0 Å². The molecule has 0 aliphatic carbocycles. The van der Waals surface area contributed by atoms with Gasteiger partial charge in [-0.3, -0.25) is 25.8 Å². The van der Waals surface area contributed by atoms with Crippen LogP contribution in [0.1, 0.15) is 12.8 Å². The van der Waals surface area contributed by atoms with Gasteiger partial charge in [0.2, 0.25) is 10.0 Å². The first-order chi connectivity index (χ1) is 13.3. The molecule has 1 heterocycles. The lowest BCUT2D eigenvalue weighted by Gasteiger charge is -2.23. The first-order valence-electron chi connectivity index (χ1n) is 8.37. The zero-order chi connectivity index (χ0) is 20.3. The van der Waals surface area contributed by atoms with Crippen LogP contribution in [0.2, 0.25) is 0 Å². The summed E-state index contributed by atoms with van der Waals surface area (Å²) in [7, 11) is -3.98. The quantitative estimate of drug-likeness (QED) is 0.557. The zero-order valence-electron chi connectivity index (χ0n) is 14.5. The second-order valence-corrected chi connectivity index (χ2v) is 8.01. The third-order valence-electron chi connectivity index (χ3n) is 4.35. The SMILES string of the molecule is O=C(NNc1ccccc1[N+](=O)[O-])C1CCCN1S(=O)(=O)c1ccc(F)cc1. The Morgan fingerprint density at radius 3 is 2.54 bits per heavy atom. The number of hydrogen-bond acceptors (Lipinski definition) is 6. The molecular weight excluding hydrogens is 391 g/mol. The van der Waals surface area contributed by atoms with Crippen molar-refractivity contribution >= 4 is 27.3 Å². The number of para-hydroxylation sites is 2. The molecule has 1 fully saturated rings. The fourth-order valence-electron chi connectivity index (χ4n) is 2.98. The molecule has 1 aliphatic heterocycles. The second-order valence-electron chi connectivity index (χ2n) is 6.12. The number of nitro groups is 1. The molecule has 0 spiro atoms. The van der Waals surface area contributed by atoms with Crippen molar-refractivity contribution in [3.8, 4) is 0 Å². The summed E-state index contributed by atoms with van der Waals surface area (Å²) in [5.41, 5.74) is 4.66. The number of halogens is 1. The van der Waals surface area contributed by atoms with E-state index in [1.165, 1.54) is 18.2 Å². The highest BCUT2D eigenvalue weighted by Gasteiger charge is 2.39. The van der Waals surface area contributed by atoms with Crippen molar-refractivity contribution in [2.45, 2.75) is 23.8 Å². The smallest absolute Gasteiger partial charge is 0.292 e. The highest BCUT2D eigenvalue weighted by molar-refractivity contribution is 7.89. The maximum atomic E-state index is 13.1. The monoisotopic (exact) mass is 408 g/mol. The van der Waals surface area contributed by atoms with Crippen LogP contribution < -0.4 is 10.9 Å². The number of benzene rings is 2. The van der Waals surface area contributed by atoms with E-state index in [1.807, 2.05) is 0 Å². The number of hydrogen-bond donors (Lipinski definition) is 2. The van der Waals surface area contributed by atoms with Gasteiger partial charge in [-0.25, -0.2) is 12.8 Å².